The summed E-state index contributed by atoms with van der Waals surface area (Å²) in [6, 6.07) is 0. The van der Waals surface area contributed by atoms with Gasteiger partial charge in [-0.15, -0.1) is 0 Å². The van der Waals surface area contributed by atoms with E-state index in [9.17, 15) is 4.79 Å². The number of Topliss-reactive ketones (excluding diaryl/α,β-unsaturated/α-hetero) is 1. The lowest BCUT2D eigenvalue weighted by Gasteiger charge is -1.97. The normalized spacial score (nSPS) is 10.7. The molecule has 0 aliphatic carbocycles. The van der Waals surface area contributed by atoms with Crippen molar-refractivity contribution in [3.63, 3.8) is 0 Å². The average Bonchev–Trinajstić information content (AvgIpc) is 2.20. The Morgan fingerprint density at radius 1 is 1.21 bits per heavy atom. The Hall–Kier alpha value is -0.790. The molecule has 0 spiro atoms. The standard InChI is InChI=1S/C12H22O2/c1-3-5-9-12(13)10-7-6-8-11-14-4-2/h8,11H,3-7,9-10H2,1-2H3/b11-8+. The third-order valence-corrected chi connectivity index (χ3v) is 1.99. The number of hydrogen-bond acceptors (Lipinski definition) is 2. The molecule has 0 saturated carbocycles. The minimum atomic E-state index is 0.400. The lowest BCUT2D eigenvalue weighted by molar-refractivity contribution is -0.119. The molecule has 0 atom stereocenters. The number of allylic oxidation sites excluding steroid dienone is 1. The molecule has 0 aromatic heterocycles. The van der Waals surface area contributed by atoms with Gasteiger partial charge in [0, 0.05) is 12.8 Å². The van der Waals surface area contributed by atoms with E-state index in [4.69, 9.17) is 4.74 Å². The summed E-state index contributed by atoms with van der Waals surface area (Å²) < 4.78 is 5.04. The lowest BCUT2D eigenvalue weighted by atomic mass is 10.1. The van der Waals surface area contributed by atoms with E-state index in [0.717, 1.165) is 38.5 Å². The van der Waals surface area contributed by atoms with Crippen molar-refractivity contribution in [2.75, 3.05) is 6.61 Å². The Labute approximate surface area is 87.3 Å². The summed E-state index contributed by atoms with van der Waals surface area (Å²) in [5.41, 5.74) is 0. The third kappa shape index (κ3) is 9.30. The van der Waals surface area contributed by atoms with Crippen LogP contribution in [0.25, 0.3) is 0 Å². The second-order valence-electron chi connectivity index (χ2n) is 3.36. The van der Waals surface area contributed by atoms with Crippen molar-refractivity contribution >= 4 is 5.78 Å². The molecule has 0 fully saturated rings. The summed E-state index contributed by atoms with van der Waals surface area (Å²) in [4.78, 5) is 11.2. The highest BCUT2D eigenvalue weighted by atomic mass is 16.5. The SMILES string of the molecule is CCCCC(=O)CCC/C=C/OCC. The maximum absolute atomic E-state index is 11.2. The van der Waals surface area contributed by atoms with E-state index < -0.39 is 0 Å². The summed E-state index contributed by atoms with van der Waals surface area (Å²) >= 11 is 0. The van der Waals surface area contributed by atoms with Gasteiger partial charge in [0.25, 0.3) is 0 Å². The Morgan fingerprint density at radius 3 is 2.57 bits per heavy atom. The first kappa shape index (κ1) is 13.2. The number of ketones is 1. The van der Waals surface area contributed by atoms with Crippen molar-refractivity contribution in [1.29, 1.82) is 0 Å². The van der Waals surface area contributed by atoms with Crippen molar-refractivity contribution in [3.8, 4) is 0 Å². The molecular weight excluding hydrogens is 176 g/mol. The largest absolute Gasteiger partial charge is 0.502 e. The fraction of sp³-hybridized carbons (Fsp3) is 0.750. The number of carbonyl (C=O) groups excluding carboxylic acids is 1. The predicted octanol–water partition coefficient (Wildman–Crippen LogP) is 3.47. The summed E-state index contributed by atoms with van der Waals surface area (Å²) in [5.74, 6) is 0.400. The molecular formula is C12H22O2. The predicted molar refractivity (Wildman–Crippen MR) is 59.1 cm³/mol. The van der Waals surface area contributed by atoms with Crippen molar-refractivity contribution in [2.24, 2.45) is 0 Å². The Morgan fingerprint density at radius 2 is 1.93 bits per heavy atom. The molecule has 0 bridgehead atoms. The van der Waals surface area contributed by atoms with Crippen LogP contribution in [0, 0.1) is 0 Å². The number of unbranched alkanes of at least 4 members (excludes halogenated alkanes) is 2. The molecule has 82 valence electrons. The topological polar surface area (TPSA) is 26.3 Å². The molecule has 0 aromatic rings. The summed E-state index contributed by atoms with van der Waals surface area (Å²) in [6.45, 7) is 4.78. The second-order valence-corrected chi connectivity index (χ2v) is 3.36. The van der Waals surface area contributed by atoms with Gasteiger partial charge < -0.3 is 4.74 Å². The molecule has 0 N–H and O–H groups in total. The summed E-state index contributed by atoms with van der Waals surface area (Å²) in [7, 11) is 0. The molecule has 14 heavy (non-hydrogen) atoms. The van der Waals surface area contributed by atoms with Crippen LogP contribution >= 0.6 is 0 Å². The zero-order valence-corrected chi connectivity index (χ0v) is 9.42. The van der Waals surface area contributed by atoms with E-state index >= 15 is 0 Å². The minimum absolute atomic E-state index is 0.400. The van der Waals surface area contributed by atoms with Crippen LogP contribution < -0.4 is 0 Å². The fourth-order valence-electron chi connectivity index (χ4n) is 1.15. The van der Waals surface area contributed by atoms with Gasteiger partial charge in [-0.3, -0.25) is 4.79 Å². The Kier molecular flexibility index (Phi) is 9.71. The highest BCUT2D eigenvalue weighted by molar-refractivity contribution is 5.78. The first-order valence-electron chi connectivity index (χ1n) is 5.59. The summed E-state index contributed by atoms with van der Waals surface area (Å²) in [6.07, 6.45) is 9.21. The van der Waals surface area contributed by atoms with E-state index in [1.54, 1.807) is 6.26 Å². The number of carbonyl (C=O) groups is 1. The zero-order chi connectivity index (χ0) is 10.6. The maximum atomic E-state index is 11.2. The van der Waals surface area contributed by atoms with Gasteiger partial charge in [-0.2, -0.15) is 0 Å². The van der Waals surface area contributed by atoms with Gasteiger partial charge in [0.1, 0.15) is 5.78 Å². The second kappa shape index (κ2) is 10.3. The molecule has 0 amide bonds. The van der Waals surface area contributed by atoms with Gasteiger partial charge in [-0.05, 0) is 32.3 Å². The van der Waals surface area contributed by atoms with Crippen LogP contribution in [0.15, 0.2) is 12.3 Å². The van der Waals surface area contributed by atoms with Crippen LogP contribution in [0.2, 0.25) is 0 Å². The maximum Gasteiger partial charge on any atom is 0.132 e. The van der Waals surface area contributed by atoms with Gasteiger partial charge >= 0.3 is 0 Å². The van der Waals surface area contributed by atoms with Gasteiger partial charge in [0.05, 0.1) is 12.9 Å². The van der Waals surface area contributed by atoms with E-state index in [0.29, 0.717) is 12.4 Å². The van der Waals surface area contributed by atoms with Crippen LogP contribution in [-0.2, 0) is 9.53 Å². The highest BCUT2D eigenvalue weighted by Crippen LogP contribution is 2.03. The molecule has 0 aliphatic heterocycles. The first-order chi connectivity index (χ1) is 6.81. The first-order valence-corrected chi connectivity index (χ1v) is 5.59. The Balaban J connectivity index is 3.22. The molecule has 0 unspecified atom stereocenters. The van der Waals surface area contributed by atoms with Crippen molar-refractivity contribution in [3.05, 3.63) is 12.3 Å². The number of rotatable bonds is 9. The van der Waals surface area contributed by atoms with Crippen LogP contribution in [0.3, 0.4) is 0 Å². The van der Waals surface area contributed by atoms with Crippen LogP contribution in [0.1, 0.15) is 52.4 Å². The van der Waals surface area contributed by atoms with Gasteiger partial charge in [0.15, 0.2) is 0 Å². The van der Waals surface area contributed by atoms with E-state index in [2.05, 4.69) is 6.92 Å². The third-order valence-electron chi connectivity index (χ3n) is 1.99. The highest BCUT2D eigenvalue weighted by Gasteiger charge is 1.99. The average molecular weight is 198 g/mol. The zero-order valence-electron chi connectivity index (χ0n) is 9.42. The molecule has 0 aromatic carbocycles. The molecule has 0 heterocycles. The Bertz CT molecular complexity index is 162. The van der Waals surface area contributed by atoms with E-state index in [1.165, 1.54) is 0 Å². The molecule has 0 saturated heterocycles. The minimum Gasteiger partial charge on any atom is -0.502 e. The molecule has 2 nitrogen and oxygen atoms in total. The van der Waals surface area contributed by atoms with Gasteiger partial charge in [0.2, 0.25) is 0 Å². The van der Waals surface area contributed by atoms with Crippen LogP contribution in [0.5, 0.6) is 0 Å². The van der Waals surface area contributed by atoms with Crippen LogP contribution in [0.4, 0.5) is 0 Å². The fourth-order valence-corrected chi connectivity index (χ4v) is 1.15. The van der Waals surface area contributed by atoms with E-state index in [1.807, 2.05) is 13.0 Å². The number of hydrogen-bond donors (Lipinski definition) is 0. The molecule has 2 heteroatoms. The van der Waals surface area contributed by atoms with Crippen molar-refractivity contribution < 1.29 is 9.53 Å². The smallest absolute Gasteiger partial charge is 0.132 e. The van der Waals surface area contributed by atoms with Crippen molar-refractivity contribution in [1.82, 2.24) is 0 Å². The van der Waals surface area contributed by atoms with Gasteiger partial charge in [-0.1, -0.05) is 13.3 Å². The quantitative estimate of drug-likeness (QED) is 0.419. The van der Waals surface area contributed by atoms with E-state index in [-0.39, 0.29) is 0 Å². The number of ether oxygens (including phenoxy) is 1. The van der Waals surface area contributed by atoms with Crippen LogP contribution in [-0.4, -0.2) is 12.4 Å². The van der Waals surface area contributed by atoms with Crippen molar-refractivity contribution in [2.45, 2.75) is 52.4 Å². The lowest BCUT2D eigenvalue weighted by Crippen LogP contribution is -1.96. The monoisotopic (exact) mass is 198 g/mol. The van der Waals surface area contributed by atoms with Gasteiger partial charge in [-0.25, -0.2) is 0 Å². The molecule has 0 rings (SSSR count). The molecule has 0 aliphatic rings. The molecule has 0 radical (unpaired) electrons. The summed E-state index contributed by atoms with van der Waals surface area (Å²) in [5, 5.41) is 0.